The van der Waals surface area contributed by atoms with Crippen molar-refractivity contribution in [1.29, 1.82) is 0 Å². The number of carbonyl (C=O) groups excluding carboxylic acids is 1. The van der Waals surface area contributed by atoms with Gasteiger partial charge in [0.05, 0.1) is 11.0 Å². The highest BCUT2D eigenvalue weighted by molar-refractivity contribution is 5.94. The Morgan fingerprint density at radius 1 is 1.07 bits per heavy atom. The summed E-state index contributed by atoms with van der Waals surface area (Å²) in [6.45, 7) is 13.7. The molecule has 0 spiro atoms. The van der Waals surface area contributed by atoms with Crippen LogP contribution in [0.3, 0.4) is 0 Å². The number of rotatable bonds is 5. The lowest BCUT2D eigenvalue weighted by Crippen LogP contribution is -2.41. The highest BCUT2D eigenvalue weighted by Gasteiger charge is 2.23. The highest BCUT2D eigenvalue weighted by Crippen LogP contribution is 2.22. The Morgan fingerprint density at radius 2 is 1.64 bits per heavy atom. The molecule has 0 radical (unpaired) electrons. The molecule has 146 valence electrons. The van der Waals surface area contributed by atoms with Crippen molar-refractivity contribution in [3.63, 3.8) is 0 Å². The average Bonchev–Trinajstić information content (AvgIpc) is 2.87. The number of anilines is 1. The summed E-state index contributed by atoms with van der Waals surface area (Å²) in [6.07, 6.45) is 0. The van der Waals surface area contributed by atoms with Gasteiger partial charge in [-0.2, -0.15) is 0 Å². The van der Waals surface area contributed by atoms with Gasteiger partial charge < -0.3 is 4.90 Å². The number of amides is 1. The van der Waals surface area contributed by atoms with Gasteiger partial charge in [0, 0.05) is 17.4 Å². The fourth-order valence-corrected chi connectivity index (χ4v) is 3.56. The molecular weight excluding hydrogens is 350 g/mol. The van der Waals surface area contributed by atoms with Crippen molar-refractivity contribution in [1.82, 2.24) is 9.13 Å². The number of aryl methyl sites for hydroxylation is 2. The number of imidazole rings is 1. The van der Waals surface area contributed by atoms with Gasteiger partial charge in [0.15, 0.2) is 0 Å². The van der Waals surface area contributed by atoms with E-state index in [-0.39, 0.29) is 24.2 Å². The van der Waals surface area contributed by atoms with E-state index in [1.807, 2.05) is 70.2 Å². The molecule has 3 aromatic rings. The van der Waals surface area contributed by atoms with Gasteiger partial charge in [-0.25, -0.2) is 4.79 Å². The maximum atomic E-state index is 13.2. The number of aromatic nitrogens is 2. The van der Waals surface area contributed by atoms with Crippen molar-refractivity contribution >= 4 is 28.3 Å². The van der Waals surface area contributed by atoms with Crippen molar-refractivity contribution in [2.75, 3.05) is 4.90 Å². The molecule has 0 fully saturated rings. The van der Waals surface area contributed by atoms with Crippen LogP contribution in [0, 0.1) is 13.8 Å². The summed E-state index contributed by atoms with van der Waals surface area (Å²) in [5.41, 5.74) is 4.93. The largest absolute Gasteiger partial charge is 0.333 e. The molecule has 0 saturated heterocycles. The summed E-state index contributed by atoms with van der Waals surface area (Å²) in [4.78, 5) is 28.1. The van der Waals surface area contributed by atoms with Crippen LogP contribution in [-0.4, -0.2) is 21.1 Å². The van der Waals surface area contributed by atoms with E-state index in [1.165, 1.54) is 0 Å². The van der Waals surface area contributed by atoms with Crippen molar-refractivity contribution in [2.45, 2.75) is 47.2 Å². The Bertz CT molecular complexity index is 1100. The predicted molar refractivity (Wildman–Crippen MR) is 116 cm³/mol. The lowest BCUT2D eigenvalue weighted by atomic mass is 10.1. The van der Waals surface area contributed by atoms with Crippen LogP contribution in [-0.2, 0) is 11.3 Å². The van der Waals surface area contributed by atoms with Gasteiger partial charge >= 0.3 is 5.69 Å². The summed E-state index contributed by atoms with van der Waals surface area (Å²) in [5.74, 6) is -0.123. The van der Waals surface area contributed by atoms with E-state index < -0.39 is 0 Å². The van der Waals surface area contributed by atoms with Crippen molar-refractivity contribution in [2.24, 2.45) is 0 Å². The number of fused-ring (bicyclic) bond motifs is 1. The Morgan fingerprint density at radius 3 is 2.18 bits per heavy atom. The summed E-state index contributed by atoms with van der Waals surface area (Å²) in [7, 11) is 0. The first-order chi connectivity index (χ1) is 13.2. The molecule has 0 bridgehead atoms. The SMILES string of the molecule is C=C(C)n1c(=O)n(CC(=O)N(c2ccccc2)C(C)C)c2cc(C)c(C)cc21. The molecule has 28 heavy (non-hydrogen) atoms. The number of nitrogens with zero attached hydrogens (tertiary/aromatic N) is 3. The fourth-order valence-electron chi connectivity index (χ4n) is 3.56. The lowest BCUT2D eigenvalue weighted by Gasteiger charge is -2.27. The van der Waals surface area contributed by atoms with E-state index in [0.717, 1.165) is 27.8 Å². The number of allylic oxidation sites excluding steroid dienone is 1. The van der Waals surface area contributed by atoms with E-state index in [0.29, 0.717) is 5.70 Å². The summed E-state index contributed by atoms with van der Waals surface area (Å²) >= 11 is 0. The minimum absolute atomic E-state index is 0.0226. The standard InChI is InChI=1S/C23H27N3O2/c1-15(2)25(19-10-8-7-9-11-19)22(27)14-24-20-12-17(5)18(6)13-21(20)26(16(3)4)23(24)28/h7-13,15H,3,14H2,1-2,4-6H3. The smallest absolute Gasteiger partial charge is 0.308 e. The molecule has 5 nitrogen and oxygen atoms in total. The lowest BCUT2D eigenvalue weighted by molar-refractivity contribution is -0.119. The Kier molecular flexibility index (Phi) is 5.27. The van der Waals surface area contributed by atoms with Crippen LogP contribution < -0.4 is 10.6 Å². The average molecular weight is 377 g/mol. The third-order valence-corrected chi connectivity index (χ3v) is 5.04. The van der Waals surface area contributed by atoms with Crippen molar-refractivity contribution in [3.05, 3.63) is 70.7 Å². The fraction of sp³-hybridized carbons (Fsp3) is 0.304. The molecule has 0 saturated carbocycles. The minimum atomic E-state index is -0.238. The molecule has 3 rings (SSSR count). The molecule has 5 heteroatoms. The zero-order valence-corrected chi connectivity index (χ0v) is 17.2. The minimum Gasteiger partial charge on any atom is -0.308 e. The van der Waals surface area contributed by atoms with E-state index in [9.17, 15) is 9.59 Å². The van der Waals surface area contributed by atoms with Gasteiger partial charge in [0.2, 0.25) is 5.91 Å². The number of para-hydroxylation sites is 1. The molecule has 0 N–H and O–H groups in total. The van der Waals surface area contributed by atoms with Gasteiger partial charge in [0.25, 0.3) is 0 Å². The Hall–Kier alpha value is -3.08. The first kappa shape index (κ1) is 19.7. The predicted octanol–water partition coefficient (Wildman–Crippen LogP) is 4.35. The molecule has 0 unspecified atom stereocenters. The first-order valence-electron chi connectivity index (χ1n) is 9.48. The normalized spacial score (nSPS) is 11.2. The van der Waals surface area contributed by atoms with Gasteiger partial charge in [-0.1, -0.05) is 24.8 Å². The van der Waals surface area contributed by atoms with Crippen LogP contribution in [0.1, 0.15) is 31.9 Å². The molecule has 0 aliphatic heterocycles. The molecule has 1 amide bonds. The van der Waals surface area contributed by atoms with Crippen LogP contribution in [0.4, 0.5) is 5.69 Å². The topological polar surface area (TPSA) is 47.2 Å². The van der Waals surface area contributed by atoms with E-state index >= 15 is 0 Å². The van der Waals surface area contributed by atoms with Gasteiger partial charge in [-0.3, -0.25) is 13.9 Å². The third kappa shape index (κ3) is 3.40. The van der Waals surface area contributed by atoms with E-state index in [2.05, 4.69) is 6.58 Å². The van der Waals surface area contributed by atoms with Gasteiger partial charge in [0.1, 0.15) is 6.54 Å². The van der Waals surface area contributed by atoms with Crippen LogP contribution >= 0.6 is 0 Å². The number of benzene rings is 2. The Labute approximate surface area is 165 Å². The maximum absolute atomic E-state index is 13.2. The zero-order chi connectivity index (χ0) is 20.6. The van der Waals surface area contributed by atoms with Crippen molar-refractivity contribution in [3.8, 4) is 0 Å². The summed E-state index contributed by atoms with van der Waals surface area (Å²) in [6, 6.07) is 13.5. The Balaban J connectivity index is 2.12. The number of hydrogen-bond donors (Lipinski definition) is 0. The second kappa shape index (κ2) is 7.50. The van der Waals surface area contributed by atoms with Crippen molar-refractivity contribution < 1.29 is 4.79 Å². The quantitative estimate of drug-likeness (QED) is 0.664. The third-order valence-electron chi connectivity index (χ3n) is 5.04. The number of hydrogen-bond acceptors (Lipinski definition) is 2. The molecule has 1 heterocycles. The first-order valence-corrected chi connectivity index (χ1v) is 9.48. The van der Waals surface area contributed by atoms with Crippen LogP contribution in [0.25, 0.3) is 16.7 Å². The zero-order valence-electron chi connectivity index (χ0n) is 17.2. The summed E-state index contributed by atoms with van der Waals surface area (Å²) < 4.78 is 3.13. The van der Waals surface area contributed by atoms with Crippen LogP contribution in [0.5, 0.6) is 0 Å². The molecule has 0 atom stereocenters. The molecule has 1 aromatic heterocycles. The summed E-state index contributed by atoms with van der Waals surface area (Å²) in [5, 5.41) is 0. The maximum Gasteiger partial charge on any atom is 0.333 e. The van der Waals surface area contributed by atoms with E-state index in [4.69, 9.17) is 0 Å². The monoisotopic (exact) mass is 377 g/mol. The van der Waals surface area contributed by atoms with Crippen LogP contribution in [0.2, 0.25) is 0 Å². The molecule has 0 aliphatic rings. The second-order valence-electron chi connectivity index (χ2n) is 7.56. The molecule has 0 aliphatic carbocycles. The van der Waals surface area contributed by atoms with E-state index in [1.54, 1.807) is 21.0 Å². The number of carbonyl (C=O) groups is 1. The highest BCUT2D eigenvalue weighted by atomic mass is 16.2. The molecular formula is C23H27N3O2. The molecule has 2 aromatic carbocycles. The van der Waals surface area contributed by atoms with Gasteiger partial charge in [-0.15, -0.1) is 0 Å². The second-order valence-corrected chi connectivity index (χ2v) is 7.56. The van der Waals surface area contributed by atoms with Gasteiger partial charge in [-0.05, 0) is 70.0 Å². The van der Waals surface area contributed by atoms with Crippen LogP contribution in [0.15, 0.2) is 53.8 Å².